The Kier molecular flexibility index (Phi) is 8.28. The third-order valence-electron chi connectivity index (χ3n) is 6.02. The summed E-state index contributed by atoms with van der Waals surface area (Å²) in [5.41, 5.74) is 3.91. The maximum absolute atomic E-state index is 12.5. The van der Waals surface area contributed by atoms with E-state index in [-0.39, 0.29) is 37.8 Å². The molecular weight excluding hydrogens is 436 g/mol. The normalized spacial score (nSPS) is 13.5. The Morgan fingerprint density at radius 1 is 1.03 bits per heavy atom. The summed E-state index contributed by atoms with van der Waals surface area (Å²) in [6.45, 7) is 3.93. The van der Waals surface area contributed by atoms with E-state index in [1.807, 2.05) is 24.3 Å². The van der Waals surface area contributed by atoms with Crippen molar-refractivity contribution in [2.45, 2.75) is 50.7 Å². The van der Waals surface area contributed by atoms with Crippen molar-refractivity contribution in [3.63, 3.8) is 0 Å². The average molecular weight is 469 g/mol. The molecular formula is C26H32N2O6. The molecule has 1 atom stereocenters. The number of carbonyl (C=O) groups excluding carboxylic acids is 2. The van der Waals surface area contributed by atoms with E-state index in [2.05, 4.69) is 34.9 Å². The van der Waals surface area contributed by atoms with Gasteiger partial charge >= 0.3 is 12.1 Å². The second-order valence-corrected chi connectivity index (χ2v) is 9.03. The lowest BCUT2D eigenvalue weighted by atomic mass is 9.98. The molecule has 2 aromatic carbocycles. The van der Waals surface area contributed by atoms with Crippen molar-refractivity contribution >= 4 is 18.0 Å². The molecule has 2 amide bonds. The van der Waals surface area contributed by atoms with Gasteiger partial charge in [0.05, 0.1) is 0 Å². The molecule has 0 aliphatic heterocycles. The number of methoxy groups -OCH3 is 1. The van der Waals surface area contributed by atoms with Gasteiger partial charge in [0.15, 0.2) is 0 Å². The van der Waals surface area contributed by atoms with Gasteiger partial charge in [-0.1, -0.05) is 48.5 Å². The largest absolute Gasteiger partial charge is 0.481 e. The minimum atomic E-state index is -0.919. The SMILES string of the molecule is COC(CCNC(=O)OCC1c2ccccc2-c2ccccc21)C(=O)NC(C)(C)CCC(=O)O. The van der Waals surface area contributed by atoms with Crippen LogP contribution in [0.3, 0.4) is 0 Å². The fourth-order valence-electron chi connectivity index (χ4n) is 4.21. The van der Waals surface area contributed by atoms with Gasteiger partial charge in [0.2, 0.25) is 5.91 Å². The van der Waals surface area contributed by atoms with Crippen LogP contribution in [0, 0.1) is 0 Å². The second-order valence-electron chi connectivity index (χ2n) is 9.03. The van der Waals surface area contributed by atoms with Crippen molar-refractivity contribution < 1.29 is 29.0 Å². The highest BCUT2D eigenvalue weighted by molar-refractivity contribution is 5.82. The molecule has 1 unspecified atom stereocenters. The Morgan fingerprint density at radius 3 is 2.18 bits per heavy atom. The Balaban J connectivity index is 1.47. The molecule has 1 aliphatic carbocycles. The van der Waals surface area contributed by atoms with Gasteiger partial charge in [-0.2, -0.15) is 0 Å². The molecule has 0 saturated heterocycles. The third-order valence-corrected chi connectivity index (χ3v) is 6.02. The summed E-state index contributed by atoms with van der Waals surface area (Å²) in [5, 5.41) is 14.3. The van der Waals surface area contributed by atoms with Crippen LogP contribution < -0.4 is 10.6 Å². The van der Waals surface area contributed by atoms with Crippen molar-refractivity contribution in [3.05, 3.63) is 59.7 Å². The highest BCUT2D eigenvalue weighted by atomic mass is 16.5. The van der Waals surface area contributed by atoms with E-state index in [9.17, 15) is 14.4 Å². The lowest BCUT2D eigenvalue weighted by Crippen LogP contribution is -2.49. The van der Waals surface area contributed by atoms with Gasteiger partial charge in [0.1, 0.15) is 12.7 Å². The van der Waals surface area contributed by atoms with E-state index < -0.39 is 23.7 Å². The van der Waals surface area contributed by atoms with Crippen LogP contribution in [0.5, 0.6) is 0 Å². The Hall–Kier alpha value is -3.39. The number of hydrogen-bond donors (Lipinski definition) is 3. The van der Waals surface area contributed by atoms with Crippen LogP contribution in [0.25, 0.3) is 11.1 Å². The highest BCUT2D eigenvalue weighted by Gasteiger charge is 2.29. The van der Waals surface area contributed by atoms with Gasteiger partial charge in [-0.3, -0.25) is 9.59 Å². The predicted octanol–water partition coefficient (Wildman–Crippen LogP) is 3.69. The van der Waals surface area contributed by atoms with E-state index in [0.717, 1.165) is 22.3 Å². The molecule has 182 valence electrons. The summed E-state index contributed by atoms with van der Waals surface area (Å²) in [6, 6.07) is 16.2. The second kappa shape index (κ2) is 11.2. The Morgan fingerprint density at radius 2 is 1.62 bits per heavy atom. The highest BCUT2D eigenvalue weighted by Crippen LogP contribution is 2.44. The molecule has 2 aromatic rings. The number of fused-ring (bicyclic) bond motifs is 3. The lowest BCUT2D eigenvalue weighted by molar-refractivity contribution is -0.138. The fourth-order valence-corrected chi connectivity index (χ4v) is 4.21. The lowest BCUT2D eigenvalue weighted by Gasteiger charge is -2.28. The van der Waals surface area contributed by atoms with Crippen LogP contribution >= 0.6 is 0 Å². The predicted molar refractivity (Wildman–Crippen MR) is 128 cm³/mol. The monoisotopic (exact) mass is 468 g/mol. The van der Waals surface area contributed by atoms with Crippen molar-refractivity contribution in [1.82, 2.24) is 10.6 Å². The number of hydrogen-bond acceptors (Lipinski definition) is 5. The number of benzene rings is 2. The van der Waals surface area contributed by atoms with E-state index in [0.29, 0.717) is 6.42 Å². The first kappa shape index (κ1) is 25.2. The van der Waals surface area contributed by atoms with Crippen molar-refractivity contribution in [3.8, 4) is 11.1 Å². The van der Waals surface area contributed by atoms with Crippen LogP contribution in [-0.2, 0) is 19.1 Å². The van der Waals surface area contributed by atoms with Crippen LogP contribution in [0.4, 0.5) is 4.79 Å². The van der Waals surface area contributed by atoms with Crippen molar-refractivity contribution in [2.24, 2.45) is 0 Å². The zero-order valence-electron chi connectivity index (χ0n) is 19.8. The van der Waals surface area contributed by atoms with E-state index in [4.69, 9.17) is 14.6 Å². The van der Waals surface area contributed by atoms with Gasteiger partial charge in [-0.05, 0) is 42.5 Å². The molecule has 0 aromatic heterocycles. The topological polar surface area (TPSA) is 114 Å². The minimum Gasteiger partial charge on any atom is -0.481 e. The molecule has 34 heavy (non-hydrogen) atoms. The number of rotatable bonds is 11. The molecule has 3 N–H and O–H groups in total. The molecule has 8 nitrogen and oxygen atoms in total. The van der Waals surface area contributed by atoms with Crippen LogP contribution in [-0.4, -0.2) is 55.0 Å². The Bertz CT molecular complexity index is 990. The summed E-state index contributed by atoms with van der Waals surface area (Å²) < 4.78 is 10.8. The van der Waals surface area contributed by atoms with Crippen LogP contribution in [0.1, 0.15) is 50.2 Å². The van der Waals surface area contributed by atoms with Gasteiger partial charge in [-0.25, -0.2) is 4.79 Å². The number of carboxylic acids is 1. The Labute approximate surface area is 199 Å². The molecule has 0 fully saturated rings. The molecule has 8 heteroatoms. The van der Waals surface area contributed by atoms with E-state index in [1.165, 1.54) is 7.11 Å². The molecule has 0 bridgehead atoms. The fraction of sp³-hybridized carbons (Fsp3) is 0.423. The summed E-state index contributed by atoms with van der Waals surface area (Å²) >= 11 is 0. The first-order valence-electron chi connectivity index (χ1n) is 11.4. The molecule has 3 rings (SSSR count). The molecule has 0 spiro atoms. The number of nitrogens with one attached hydrogen (secondary N) is 2. The standard InChI is InChI=1S/C26H32N2O6/c1-26(2,14-12-23(29)30)28-24(31)22(33-3)13-15-27-25(32)34-16-21-19-10-6-4-8-17(19)18-9-5-7-11-20(18)21/h4-11,21-22H,12-16H2,1-3H3,(H,27,32)(H,28,31)(H,29,30). The smallest absolute Gasteiger partial charge is 0.407 e. The maximum Gasteiger partial charge on any atom is 0.407 e. The van der Waals surface area contributed by atoms with Gasteiger partial charge in [0, 0.05) is 38.0 Å². The van der Waals surface area contributed by atoms with Gasteiger partial charge in [0.25, 0.3) is 0 Å². The molecule has 0 heterocycles. The number of alkyl carbamates (subject to hydrolysis) is 1. The first-order valence-corrected chi connectivity index (χ1v) is 11.4. The maximum atomic E-state index is 12.5. The van der Waals surface area contributed by atoms with Gasteiger partial charge in [-0.15, -0.1) is 0 Å². The van der Waals surface area contributed by atoms with Crippen LogP contribution in [0.15, 0.2) is 48.5 Å². The summed E-state index contributed by atoms with van der Waals surface area (Å²) in [6.07, 6.45) is -0.838. The number of carbonyl (C=O) groups is 3. The third kappa shape index (κ3) is 6.35. The number of amides is 2. The van der Waals surface area contributed by atoms with Crippen molar-refractivity contribution in [1.29, 1.82) is 0 Å². The molecule has 0 radical (unpaired) electrons. The summed E-state index contributed by atoms with van der Waals surface area (Å²) in [4.78, 5) is 35.6. The number of ether oxygens (including phenoxy) is 2. The zero-order chi connectivity index (χ0) is 24.7. The number of aliphatic carboxylic acids is 1. The van der Waals surface area contributed by atoms with E-state index >= 15 is 0 Å². The van der Waals surface area contributed by atoms with Crippen molar-refractivity contribution in [2.75, 3.05) is 20.3 Å². The van der Waals surface area contributed by atoms with Crippen LogP contribution in [0.2, 0.25) is 0 Å². The minimum absolute atomic E-state index is 0.0244. The quantitative estimate of drug-likeness (QED) is 0.464. The molecule has 0 saturated carbocycles. The summed E-state index contributed by atoms with van der Waals surface area (Å²) in [7, 11) is 1.42. The van der Waals surface area contributed by atoms with E-state index in [1.54, 1.807) is 13.8 Å². The first-order chi connectivity index (χ1) is 16.2. The number of carboxylic acid groups (broad SMARTS) is 1. The summed E-state index contributed by atoms with van der Waals surface area (Å²) in [5.74, 6) is -1.30. The zero-order valence-corrected chi connectivity index (χ0v) is 19.8. The molecule has 1 aliphatic rings. The van der Waals surface area contributed by atoms with Gasteiger partial charge < -0.3 is 25.2 Å². The average Bonchev–Trinajstić information content (AvgIpc) is 3.12.